The molecule has 0 aromatic heterocycles. The molecular weight excluding hydrogens is 198 g/mol. The van der Waals surface area contributed by atoms with Crippen molar-refractivity contribution >= 4 is 5.69 Å². The van der Waals surface area contributed by atoms with Crippen LogP contribution >= 0.6 is 0 Å². The summed E-state index contributed by atoms with van der Waals surface area (Å²) in [6.45, 7) is 5.86. The van der Waals surface area contributed by atoms with Crippen molar-refractivity contribution in [1.29, 1.82) is 0 Å². The fourth-order valence-electron chi connectivity index (χ4n) is 2.19. The molecule has 1 heterocycles. The number of benzene rings is 1. The van der Waals surface area contributed by atoms with Crippen molar-refractivity contribution < 1.29 is 0 Å². The molecule has 2 rings (SSSR count). The first kappa shape index (κ1) is 11.4. The summed E-state index contributed by atoms with van der Waals surface area (Å²) >= 11 is 0. The minimum atomic E-state index is 0.875. The molecule has 0 atom stereocenters. The summed E-state index contributed by atoms with van der Waals surface area (Å²) in [5.41, 5.74) is 7.99. The van der Waals surface area contributed by atoms with Crippen LogP contribution in [0.5, 0.6) is 0 Å². The van der Waals surface area contributed by atoms with E-state index in [4.69, 9.17) is 5.73 Å². The van der Waals surface area contributed by atoms with Crippen LogP contribution in [-0.2, 0) is 6.42 Å². The first-order chi connectivity index (χ1) is 7.84. The van der Waals surface area contributed by atoms with Crippen molar-refractivity contribution in [1.82, 2.24) is 10.2 Å². The van der Waals surface area contributed by atoms with E-state index in [1.54, 1.807) is 0 Å². The third-order valence-electron chi connectivity index (χ3n) is 3.10. The van der Waals surface area contributed by atoms with Crippen molar-refractivity contribution in [2.45, 2.75) is 12.8 Å². The summed E-state index contributed by atoms with van der Waals surface area (Å²) in [5.74, 6) is 0. The van der Waals surface area contributed by atoms with Gasteiger partial charge < -0.3 is 16.0 Å². The van der Waals surface area contributed by atoms with E-state index in [1.165, 1.54) is 31.6 Å². The Morgan fingerprint density at radius 2 is 2.06 bits per heavy atom. The second-order valence-electron chi connectivity index (χ2n) is 4.44. The number of nitrogens with two attached hydrogens (primary N) is 1. The number of hydrogen-bond donors (Lipinski definition) is 2. The maximum Gasteiger partial charge on any atom is 0.0316 e. The highest BCUT2D eigenvalue weighted by molar-refractivity contribution is 5.40. The molecule has 3 heteroatoms. The zero-order valence-electron chi connectivity index (χ0n) is 9.78. The lowest BCUT2D eigenvalue weighted by atomic mass is 10.1. The van der Waals surface area contributed by atoms with Gasteiger partial charge in [0, 0.05) is 31.9 Å². The molecule has 0 spiro atoms. The van der Waals surface area contributed by atoms with Crippen LogP contribution in [0, 0.1) is 0 Å². The van der Waals surface area contributed by atoms with E-state index in [0.717, 1.165) is 25.2 Å². The Kier molecular flexibility index (Phi) is 4.19. The van der Waals surface area contributed by atoms with Gasteiger partial charge in [0.15, 0.2) is 0 Å². The van der Waals surface area contributed by atoms with E-state index in [0.29, 0.717) is 0 Å². The minimum absolute atomic E-state index is 0.875. The van der Waals surface area contributed by atoms with Gasteiger partial charge in [-0.15, -0.1) is 0 Å². The van der Waals surface area contributed by atoms with Gasteiger partial charge in [-0.05, 0) is 37.1 Å². The fourth-order valence-corrected chi connectivity index (χ4v) is 2.19. The van der Waals surface area contributed by atoms with Gasteiger partial charge in [-0.3, -0.25) is 0 Å². The van der Waals surface area contributed by atoms with Crippen molar-refractivity contribution in [2.75, 3.05) is 38.5 Å². The molecule has 1 aromatic rings. The zero-order valence-corrected chi connectivity index (χ0v) is 9.78. The molecule has 0 radical (unpaired) electrons. The van der Waals surface area contributed by atoms with E-state index in [1.807, 2.05) is 12.1 Å². The third kappa shape index (κ3) is 3.51. The van der Waals surface area contributed by atoms with Crippen molar-refractivity contribution in [3.8, 4) is 0 Å². The molecule has 1 saturated heterocycles. The molecule has 88 valence electrons. The van der Waals surface area contributed by atoms with Gasteiger partial charge in [-0.25, -0.2) is 0 Å². The number of aryl methyl sites for hydroxylation is 1. The summed E-state index contributed by atoms with van der Waals surface area (Å²) in [6.07, 6.45) is 2.36. The van der Waals surface area contributed by atoms with Gasteiger partial charge in [0.2, 0.25) is 0 Å². The van der Waals surface area contributed by atoms with Crippen LogP contribution in [0.4, 0.5) is 5.69 Å². The molecule has 1 fully saturated rings. The fraction of sp³-hybridized carbons (Fsp3) is 0.538. The van der Waals surface area contributed by atoms with Gasteiger partial charge in [0.25, 0.3) is 0 Å². The lowest BCUT2D eigenvalue weighted by molar-refractivity contribution is 0.238. The Labute approximate surface area is 97.6 Å². The normalized spacial score (nSPS) is 17.5. The molecule has 3 N–H and O–H groups in total. The predicted octanol–water partition coefficient (Wildman–Crippen LogP) is 1.11. The molecule has 0 bridgehead atoms. The topological polar surface area (TPSA) is 41.3 Å². The molecule has 1 aliphatic heterocycles. The highest BCUT2D eigenvalue weighted by Crippen LogP contribution is 2.09. The monoisotopic (exact) mass is 219 g/mol. The van der Waals surface area contributed by atoms with Crippen LogP contribution in [0.3, 0.4) is 0 Å². The largest absolute Gasteiger partial charge is 0.399 e. The molecule has 0 saturated carbocycles. The van der Waals surface area contributed by atoms with Gasteiger partial charge in [0.1, 0.15) is 0 Å². The van der Waals surface area contributed by atoms with Crippen LogP contribution in [0.2, 0.25) is 0 Å². The highest BCUT2D eigenvalue weighted by atomic mass is 15.2. The molecule has 0 aliphatic carbocycles. The van der Waals surface area contributed by atoms with E-state index >= 15 is 0 Å². The summed E-state index contributed by atoms with van der Waals surface area (Å²) in [7, 11) is 0. The highest BCUT2D eigenvalue weighted by Gasteiger charge is 2.08. The maximum atomic E-state index is 5.75. The Morgan fingerprint density at radius 1 is 1.25 bits per heavy atom. The Balaban J connectivity index is 1.71. The van der Waals surface area contributed by atoms with Crippen LogP contribution in [0.25, 0.3) is 0 Å². The number of hydrogen-bond acceptors (Lipinski definition) is 3. The molecule has 0 unspecified atom stereocenters. The first-order valence-corrected chi connectivity index (χ1v) is 6.12. The van der Waals surface area contributed by atoms with Crippen molar-refractivity contribution in [3.63, 3.8) is 0 Å². The van der Waals surface area contributed by atoms with Crippen molar-refractivity contribution in [2.24, 2.45) is 0 Å². The third-order valence-corrected chi connectivity index (χ3v) is 3.10. The summed E-state index contributed by atoms with van der Waals surface area (Å²) in [6, 6.07) is 8.22. The van der Waals surface area contributed by atoms with Crippen LogP contribution in [0.1, 0.15) is 12.0 Å². The van der Waals surface area contributed by atoms with Gasteiger partial charge >= 0.3 is 0 Å². The molecule has 3 nitrogen and oxygen atoms in total. The number of nitrogens with one attached hydrogen (secondary N) is 1. The van der Waals surface area contributed by atoms with E-state index in [-0.39, 0.29) is 0 Å². The Hall–Kier alpha value is -1.06. The Morgan fingerprint density at radius 3 is 2.81 bits per heavy atom. The Bertz CT molecular complexity index is 319. The average Bonchev–Trinajstić information content (AvgIpc) is 2.30. The molecule has 0 amide bonds. The van der Waals surface area contributed by atoms with Gasteiger partial charge in [-0.1, -0.05) is 12.1 Å². The smallest absolute Gasteiger partial charge is 0.0316 e. The quantitative estimate of drug-likeness (QED) is 0.745. The average molecular weight is 219 g/mol. The number of anilines is 1. The predicted molar refractivity (Wildman–Crippen MR) is 68.5 cm³/mol. The lowest BCUT2D eigenvalue weighted by Crippen LogP contribution is -2.43. The van der Waals surface area contributed by atoms with Gasteiger partial charge in [-0.2, -0.15) is 0 Å². The van der Waals surface area contributed by atoms with E-state index in [9.17, 15) is 0 Å². The number of nitrogen functional groups attached to an aromatic ring is 1. The number of piperazine rings is 1. The summed E-state index contributed by atoms with van der Waals surface area (Å²) in [4.78, 5) is 2.53. The van der Waals surface area contributed by atoms with Crippen LogP contribution in [-0.4, -0.2) is 37.6 Å². The second-order valence-corrected chi connectivity index (χ2v) is 4.44. The number of nitrogens with zero attached hydrogens (tertiary/aromatic N) is 1. The van der Waals surface area contributed by atoms with Crippen LogP contribution in [0.15, 0.2) is 24.3 Å². The van der Waals surface area contributed by atoms with E-state index < -0.39 is 0 Å². The minimum Gasteiger partial charge on any atom is -0.399 e. The summed E-state index contributed by atoms with van der Waals surface area (Å²) in [5, 5.41) is 3.37. The SMILES string of the molecule is Nc1cccc(CCCN2CCNCC2)c1. The first-order valence-electron chi connectivity index (χ1n) is 6.12. The maximum absolute atomic E-state index is 5.75. The summed E-state index contributed by atoms with van der Waals surface area (Å²) < 4.78 is 0. The van der Waals surface area contributed by atoms with Crippen molar-refractivity contribution in [3.05, 3.63) is 29.8 Å². The molecule has 1 aliphatic rings. The standard InChI is InChI=1S/C13H21N3/c14-13-5-1-3-12(11-13)4-2-8-16-9-6-15-7-10-16/h1,3,5,11,15H,2,4,6-10,14H2. The second kappa shape index (κ2) is 5.87. The van der Waals surface area contributed by atoms with Crippen LogP contribution < -0.4 is 11.1 Å². The number of rotatable bonds is 4. The van der Waals surface area contributed by atoms with Gasteiger partial charge in [0.05, 0.1) is 0 Å². The lowest BCUT2D eigenvalue weighted by Gasteiger charge is -2.27. The molecular formula is C13H21N3. The molecule has 1 aromatic carbocycles. The molecule has 16 heavy (non-hydrogen) atoms. The van der Waals surface area contributed by atoms with E-state index in [2.05, 4.69) is 22.3 Å². The zero-order chi connectivity index (χ0) is 11.2.